The number of benzene rings is 1. The number of hydrogen-bond donors (Lipinski definition) is 2. The average molecular weight is 295 g/mol. The monoisotopic (exact) mass is 295 g/mol. The van der Waals surface area contributed by atoms with Gasteiger partial charge >= 0.3 is 0 Å². The zero-order valence-corrected chi connectivity index (χ0v) is 11.6. The van der Waals surface area contributed by atoms with Gasteiger partial charge in [-0.3, -0.25) is 14.9 Å². The van der Waals surface area contributed by atoms with Crippen molar-refractivity contribution >= 4 is 17.3 Å². The maximum absolute atomic E-state index is 13.1. The predicted octanol–water partition coefficient (Wildman–Crippen LogP) is 2.59. The van der Waals surface area contributed by atoms with Crippen molar-refractivity contribution in [2.24, 2.45) is 0 Å². The molecule has 0 aliphatic heterocycles. The third-order valence-corrected chi connectivity index (χ3v) is 3.56. The van der Waals surface area contributed by atoms with Gasteiger partial charge in [-0.1, -0.05) is 19.3 Å². The van der Waals surface area contributed by atoms with Crippen LogP contribution < -0.4 is 10.6 Å². The van der Waals surface area contributed by atoms with Crippen molar-refractivity contribution in [3.63, 3.8) is 0 Å². The van der Waals surface area contributed by atoms with Gasteiger partial charge in [0.25, 0.3) is 5.69 Å². The molecule has 6 nitrogen and oxygen atoms in total. The van der Waals surface area contributed by atoms with Crippen molar-refractivity contribution in [2.45, 2.75) is 38.1 Å². The van der Waals surface area contributed by atoms with E-state index in [9.17, 15) is 19.3 Å². The number of carbonyl (C=O) groups excluding carboxylic acids is 1. The van der Waals surface area contributed by atoms with Gasteiger partial charge < -0.3 is 10.6 Å². The summed E-state index contributed by atoms with van der Waals surface area (Å²) in [5, 5.41) is 16.4. The van der Waals surface area contributed by atoms with Crippen molar-refractivity contribution in [2.75, 3.05) is 11.9 Å². The van der Waals surface area contributed by atoms with Crippen molar-refractivity contribution < 1.29 is 14.1 Å². The summed E-state index contributed by atoms with van der Waals surface area (Å²) < 4.78 is 13.1. The summed E-state index contributed by atoms with van der Waals surface area (Å²) in [7, 11) is 0. The van der Waals surface area contributed by atoms with Gasteiger partial charge in [-0.05, 0) is 18.9 Å². The molecular formula is C14H18FN3O3. The van der Waals surface area contributed by atoms with E-state index >= 15 is 0 Å². The molecule has 0 radical (unpaired) electrons. The lowest BCUT2D eigenvalue weighted by atomic mass is 9.95. The van der Waals surface area contributed by atoms with Gasteiger partial charge in [0.1, 0.15) is 11.5 Å². The summed E-state index contributed by atoms with van der Waals surface area (Å²) in [4.78, 5) is 22.0. The second-order valence-electron chi connectivity index (χ2n) is 5.17. The zero-order valence-electron chi connectivity index (χ0n) is 11.6. The highest BCUT2D eigenvalue weighted by Crippen LogP contribution is 2.24. The number of anilines is 1. The molecule has 1 fully saturated rings. The van der Waals surface area contributed by atoms with Gasteiger partial charge in [-0.2, -0.15) is 0 Å². The van der Waals surface area contributed by atoms with Crippen LogP contribution in [0.15, 0.2) is 18.2 Å². The normalized spacial score (nSPS) is 15.5. The number of nitrogens with zero attached hydrogens (tertiary/aromatic N) is 1. The molecule has 0 heterocycles. The number of amides is 1. The minimum Gasteiger partial charge on any atom is -0.370 e. The van der Waals surface area contributed by atoms with Gasteiger partial charge in [-0.15, -0.1) is 0 Å². The molecule has 7 heteroatoms. The third kappa shape index (κ3) is 4.40. The average Bonchev–Trinajstić information content (AvgIpc) is 2.46. The Morgan fingerprint density at radius 3 is 2.71 bits per heavy atom. The largest absolute Gasteiger partial charge is 0.370 e. The van der Waals surface area contributed by atoms with E-state index in [0.717, 1.165) is 43.9 Å². The minimum absolute atomic E-state index is 0.0128. The molecule has 0 unspecified atom stereocenters. The molecule has 2 rings (SSSR count). The highest BCUT2D eigenvalue weighted by atomic mass is 19.1. The molecule has 0 bridgehead atoms. The molecule has 1 saturated carbocycles. The van der Waals surface area contributed by atoms with Crippen molar-refractivity contribution in [1.29, 1.82) is 0 Å². The second kappa shape index (κ2) is 7.01. The highest BCUT2D eigenvalue weighted by molar-refractivity contribution is 5.82. The summed E-state index contributed by atoms with van der Waals surface area (Å²) in [5.41, 5.74) is -0.235. The molecule has 114 valence electrons. The molecule has 1 aromatic carbocycles. The quantitative estimate of drug-likeness (QED) is 0.646. The molecule has 1 amide bonds. The molecule has 1 aliphatic carbocycles. The number of rotatable bonds is 5. The maximum Gasteiger partial charge on any atom is 0.292 e. The molecule has 0 atom stereocenters. The Bertz CT molecular complexity index is 530. The van der Waals surface area contributed by atoms with Crippen LogP contribution in [0, 0.1) is 15.9 Å². The predicted molar refractivity (Wildman–Crippen MR) is 76.6 cm³/mol. The van der Waals surface area contributed by atoms with Crippen molar-refractivity contribution in [3.05, 3.63) is 34.1 Å². The number of carbonyl (C=O) groups is 1. The van der Waals surface area contributed by atoms with Gasteiger partial charge in [-0.25, -0.2) is 4.39 Å². The summed E-state index contributed by atoms with van der Waals surface area (Å²) in [6.07, 6.45) is 5.33. The first-order valence-electron chi connectivity index (χ1n) is 7.03. The number of halogens is 1. The summed E-state index contributed by atoms with van der Waals surface area (Å²) in [6.45, 7) is -0.110. The van der Waals surface area contributed by atoms with Gasteiger partial charge in [0.2, 0.25) is 5.91 Å². The van der Waals surface area contributed by atoms with Crippen molar-refractivity contribution in [3.8, 4) is 0 Å². The van der Waals surface area contributed by atoms with E-state index < -0.39 is 10.7 Å². The van der Waals surface area contributed by atoms with Crippen LogP contribution in [0.4, 0.5) is 15.8 Å². The van der Waals surface area contributed by atoms with Crippen molar-refractivity contribution in [1.82, 2.24) is 5.32 Å². The van der Waals surface area contributed by atoms with E-state index in [0.29, 0.717) is 0 Å². The first kappa shape index (κ1) is 15.2. The summed E-state index contributed by atoms with van der Waals surface area (Å²) >= 11 is 0. The van der Waals surface area contributed by atoms with E-state index in [2.05, 4.69) is 10.6 Å². The summed E-state index contributed by atoms with van der Waals surface area (Å²) in [5.74, 6) is -0.823. The second-order valence-corrected chi connectivity index (χ2v) is 5.17. The Morgan fingerprint density at radius 1 is 1.33 bits per heavy atom. The van der Waals surface area contributed by atoms with Gasteiger partial charge in [0, 0.05) is 18.2 Å². The number of hydrogen-bond acceptors (Lipinski definition) is 4. The van der Waals surface area contributed by atoms with Crippen LogP contribution in [0.5, 0.6) is 0 Å². The lowest BCUT2D eigenvalue weighted by Gasteiger charge is -2.22. The van der Waals surface area contributed by atoms with E-state index in [-0.39, 0.29) is 29.9 Å². The Morgan fingerprint density at radius 2 is 2.05 bits per heavy atom. The molecule has 0 aromatic heterocycles. The van der Waals surface area contributed by atoms with Crippen LogP contribution in [-0.2, 0) is 4.79 Å². The Kier molecular flexibility index (Phi) is 5.08. The molecular weight excluding hydrogens is 277 g/mol. The SMILES string of the molecule is O=C(CNc1cc(F)ccc1[N+](=O)[O-])NC1CCCCC1. The standard InChI is InChI=1S/C14H18FN3O3/c15-10-6-7-13(18(20)21)12(8-10)16-9-14(19)17-11-4-2-1-3-5-11/h6-8,11,16H,1-5,9H2,(H,17,19). The zero-order chi connectivity index (χ0) is 15.2. The Hall–Kier alpha value is -2.18. The van der Waals surface area contributed by atoms with Crippen LogP contribution >= 0.6 is 0 Å². The summed E-state index contributed by atoms with van der Waals surface area (Å²) in [6, 6.07) is 3.30. The number of nitro groups is 1. The Balaban J connectivity index is 1.91. The fraction of sp³-hybridized carbons (Fsp3) is 0.500. The van der Waals surface area contributed by atoms with Crippen LogP contribution in [-0.4, -0.2) is 23.4 Å². The van der Waals surface area contributed by atoms with E-state index in [1.54, 1.807) is 0 Å². The Labute approximate surface area is 121 Å². The molecule has 2 N–H and O–H groups in total. The first-order valence-corrected chi connectivity index (χ1v) is 7.03. The molecule has 0 spiro atoms. The van der Waals surface area contributed by atoms with Crippen LogP contribution in [0.25, 0.3) is 0 Å². The highest BCUT2D eigenvalue weighted by Gasteiger charge is 2.18. The molecule has 1 aliphatic rings. The van der Waals surface area contributed by atoms with E-state index in [1.807, 2.05) is 0 Å². The van der Waals surface area contributed by atoms with Gasteiger partial charge in [0.05, 0.1) is 11.5 Å². The molecule has 0 saturated heterocycles. The third-order valence-electron chi connectivity index (χ3n) is 3.56. The minimum atomic E-state index is -0.610. The van der Waals surface area contributed by atoms with Crippen LogP contribution in [0.1, 0.15) is 32.1 Å². The lowest BCUT2D eigenvalue weighted by molar-refractivity contribution is -0.384. The smallest absolute Gasteiger partial charge is 0.292 e. The van der Waals surface area contributed by atoms with E-state index in [1.165, 1.54) is 6.42 Å². The molecule has 21 heavy (non-hydrogen) atoms. The maximum atomic E-state index is 13.1. The molecule has 1 aromatic rings. The fourth-order valence-corrected chi connectivity index (χ4v) is 2.51. The first-order chi connectivity index (χ1) is 10.1. The van der Waals surface area contributed by atoms with Crippen LogP contribution in [0.3, 0.4) is 0 Å². The van der Waals surface area contributed by atoms with Gasteiger partial charge in [0.15, 0.2) is 0 Å². The lowest BCUT2D eigenvalue weighted by Crippen LogP contribution is -2.39. The van der Waals surface area contributed by atoms with Crippen LogP contribution in [0.2, 0.25) is 0 Å². The van der Waals surface area contributed by atoms with E-state index in [4.69, 9.17) is 0 Å². The fourth-order valence-electron chi connectivity index (χ4n) is 2.51. The topological polar surface area (TPSA) is 84.3 Å². The number of nitrogens with one attached hydrogen (secondary N) is 2. The number of nitro benzene ring substituents is 1.